The van der Waals surface area contributed by atoms with E-state index >= 15 is 0 Å². The van der Waals surface area contributed by atoms with Gasteiger partial charge in [-0.05, 0) is 29.8 Å². The number of hydrogen-bond acceptors (Lipinski definition) is 4. The Morgan fingerprint density at radius 3 is 2.39 bits per heavy atom. The topological polar surface area (TPSA) is 85.8 Å². The Kier molecular flexibility index (Phi) is 4.84. The summed E-state index contributed by atoms with van der Waals surface area (Å²) >= 11 is 0. The second-order valence-electron chi connectivity index (χ2n) is 6.41. The fourth-order valence-electron chi connectivity index (χ4n) is 2.88. The summed E-state index contributed by atoms with van der Waals surface area (Å²) < 4.78 is 1.80. The minimum atomic E-state index is -0.211. The first-order valence-electron chi connectivity index (χ1n) is 8.89. The summed E-state index contributed by atoms with van der Waals surface area (Å²) in [4.78, 5) is 12.4. The van der Waals surface area contributed by atoms with E-state index in [4.69, 9.17) is 5.73 Å². The molecule has 3 aromatic carbocycles. The third kappa shape index (κ3) is 3.91. The van der Waals surface area contributed by atoms with Gasteiger partial charge >= 0.3 is 0 Å². The van der Waals surface area contributed by atoms with Crippen LogP contribution in [0.2, 0.25) is 0 Å². The van der Waals surface area contributed by atoms with Crippen molar-refractivity contribution >= 4 is 17.3 Å². The Morgan fingerprint density at radius 2 is 1.64 bits per heavy atom. The van der Waals surface area contributed by atoms with Crippen molar-refractivity contribution in [1.29, 1.82) is 0 Å². The van der Waals surface area contributed by atoms with E-state index in [0.717, 1.165) is 16.8 Å². The highest BCUT2D eigenvalue weighted by Crippen LogP contribution is 2.20. The van der Waals surface area contributed by atoms with Gasteiger partial charge < -0.3 is 11.1 Å². The fraction of sp³-hybridized carbons (Fsp3) is 0.0455. The van der Waals surface area contributed by atoms with Gasteiger partial charge in [0.05, 0.1) is 24.1 Å². The largest absolute Gasteiger partial charge is 0.397 e. The van der Waals surface area contributed by atoms with Crippen LogP contribution in [0, 0.1) is 0 Å². The van der Waals surface area contributed by atoms with Gasteiger partial charge in [-0.3, -0.25) is 4.79 Å². The lowest BCUT2D eigenvalue weighted by molar-refractivity contribution is 0.102. The third-order valence-corrected chi connectivity index (χ3v) is 4.38. The van der Waals surface area contributed by atoms with E-state index in [1.807, 2.05) is 60.8 Å². The molecule has 138 valence electrons. The van der Waals surface area contributed by atoms with Gasteiger partial charge in [-0.2, -0.15) is 0 Å². The predicted octanol–water partition coefficient (Wildman–Crippen LogP) is 3.83. The number of nitrogens with zero attached hydrogens (tertiary/aromatic N) is 3. The maximum atomic E-state index is 12.4. The predicted molar refractivity (Wildman–Crippen MR) is 110 cm³/mol. The zero-order valence-corrected chi connectivity index (χ0v) is 15.1. The summed E-state index contributed by atoms with van der Waals surface area (Å²) in [5, 5.41) is 11.2. The molecule has 0 saturated heterocycles. The summed E-state index contributed by atoms with van der Waals surface area (Å²) in [7, 11) is 0. The van der Waals surface area contributed by atoms with Crippen LogP contribution in [-0.4, -0.2) is 20.9 Å². The Hall–Kier alpha value is -3.93. The Morgan fingerprint density at radius 1 is 0.929 bits per heavy atom. The molecule has 0 unspecified atom stereocenters. The van der Waals surface area contributed by atoms with Gasteiger partial charge in [-0.15, -0.1) is 5.10 Å². The molecule has 28 heavy (non-hydrogen) atoms. The van der Waals surface area contributed by atoms with Gasteiger partial charge in [0, 0.05) is 11.1 Å². The summed E-state index contributed by atoms with van der Waals surface area (Å²) in [5.41, 5.74) is 10.4. The van der Waals surface area contributed by atoms with E-state index < -0.39 is 0 Å². The Balaban J connectivity index is 1.46. The number of aromatic nitrogens is 3. The van der Waals surface area contributed by atoms with Crippen LogP contribution >= 0.6 is 0 Å². The molecule has 3 N–H and O–H groups in total. The molecule has 0 aliphatic carbocycles. The molecule has 0 radical (unpaired) electrons. The summed E-state index contributed by atoms with van der Waals surface area (Å²) in [6.45, 7) is 0.660. The number of nitrogens with two attached hydrogens (primary N) is 1. The van der Waals surface area contributed by atoms with Crippen molar-refractivity contribution in [2.24, 2.45) is 0 Å². The highest BCUT2D eigenvalue weighted by atomic mass is 16.1. The van der Waals surface area contributed by atoms with Crippen molar-refractivity contribution < 1.29 is 4.79 Å². The zero-order valence-electron chi connectivity index (χ0n) is 15.1. The molecule has 0 spiro atoms. The zero-order chi connectivity index (χ0) is 19.3. The van der Waals surface area contributed by atoms with Crippen LogP contribution in [0.25, 0.3) is 11.3 Å². The molecule has 1 aromatic heterocycles. The van der Waals surface area contributed by atoms with Crippen LogP contribution in [0.4, 0.5) is 11.4 Å². The lowest BCUT2D eigenvalue weighted by atomic mass is 10.1. The average molecular weight is 369 g/mol. The number of benzene rings is 3. The molecule has 0 fully saturated rings. The minimum Gasteiger partial charge on any atom is -0.397 e. The number of nitrogen functional groups attached to an aromatic ring is 1. The van der Waals surface area contributed by atoms with Crippen LogP contribution < -0.4 is 11.1 Å². The monoisotopic (exact) mass is 369 g/mol. The third-order valence-electron chi connectivity index (χ3n) is 4.38. The normalized spacial score (nSPS) is 10.6. The van der Waals surface area contributed by atoms with Crippen LogP contribution in [0.15, 0.2) is 85.1 Å². The number of hydrogen-bond donors (Lipinski definition) is 2. The van der Waals surface area contributed by atoms with Crippen LogP contribution in [0.5, 0.6) is 0 Å². The first-order chi connectivity index (χ1) is 13.7. The van der Waals surface area contributed by atoms with E-state index in [1.54, 1.807) is 28.9 Å². The van der Waals surface area contributed by atoms with E-state index in [2.05, 4.69) is 15.6 Å². The number of carbonyl (C=O) groups is 1. The highest BCUT2D eigenvalue weighted by Gasteiger charge is 2.10. The fourth-order valence-corrected chi connectivity index (χ4v) is 2.88. The Bertz CT molecular complexity index is 1090. The Labute approximate surface area is 162 Å². The van der Waals surface area contributed by atoms with Gasteiger partial charge in [-0.1, -0.05) is 59.8 Å². The second-order valence-corrected chi connectivity index (χ2v) is 6.41. The first kappa shape index (κ1) is 17.5. The van der Waals surface area contributed by atoms with Gasteiger partial charge in [0.15, 0.2) is 0 Å². The van der Waals surface area contributed by atoms with Crippen molar-refractivity contribution in [2.75, 3.05) is 11.1 Å². The van der Waals surface area contributed by atoms with Crippen molar-refractivity contribution in [3.05, 3.63) is 96.2 Å². The van der Waals surface area contributed by atoms with E-state index in [-0.39, 0.29) is 5.91 Å². The molecule has 4 aromatic rings. The number of amides is 1. The molecule has 4 rings (SSSR count). The number of nitrogens with one attached hydrogen (secondary N) is 1. The lowest BCUT2D eigenvalue weighted by Gasteiger charge is -2.08. The first-order valence-corrected chi connectivity index (χ1v) is 8.89. The van der Waals surface area contributed by atoms with Crippen LogP contribution in [-0.2, 0) is 6.54 Å². The summed E-state index contributed by atoms with van der Waals surface area (Å²) in [6, 6.07) is 24.5. The molecule has 0 aliphatic rings. The minimum absolute atomic E-state index is 0.211. The molecular weight excluding hydrogens is 350 g/mol. The molecule has 0 atom stereocenters. The molecule has 6 nitrogen and oxygen atoms in total. The lowest BCUT2D eigenvalue weighted by Crippen LogP contribution is -2.12. The smallest absolute Gasteiger partial charge is 0.255 e. The van der Waals surface area contributed by atoms with Crippen LogP contribution in [0.3, 0.4) is 0 Å². The standard InChI is InChI=1S/C22H19N5O/c23-19-8-4-5-9-20(19)24-22(28)18-12-10-17(11-13-18)21-15-27(26-25-21)14-16-6-2-1-3-7-16/h1-13,15H,14,23H2,(H,24,28). The molecule has 1 heterocycles. The van der Waals surface area contributed by atoms with Gasteiger partial charge in [0.2, 0.25) is 0 Å². The van der Waals surface area contributed by atoms with Crippen molar-refractivity contribution in [3.8, 4) is 11.3 Å². The molecular formula is C22H19N5O. The van der Waals surface area contributed by atoms with Crippen molar-refractivity contribution in [2.45, 2.75) is 6.54 Å². The van der Waals surface area contributed by atoms with E-state index in [9.17, 15) is 4.79 Å². The number of anilines is 2. The van der Waals surface area contributed by atoms with Crippen molar-refractivity contribution in [1.82, 2.24) is 15.0 Å². The summed E-state index contributed by atoms with van der Waals surface area (Å²) in [5.74, 6) is -0.211. The van der Waals surface area contributed by atoms with Crippen molar-refractivity contribution in [3.63, 3.8) is 0 Å². The maximum Gasteiger partial charge on any atom is 0.255 e. The molecule has 0 saturated carbocycles. The molecule has 1 amide bonds. The summed E-state index contributed by atoms with van der Waals surface area (Å²) in [6.07, 6.45) is 1.90. The number of rotatable bonds is 5. The van der Waals surface area contributed by atoms with Crippen LogP contribution in [0.1, 0.15) is 15.9 Å². The molecule has 6 heteroatoms. The number of para-hydroxylation sites is 2. The quantitative estimate of drug-likeness (QED) is 0.524. The maximum absolute atomic E-state index is 12.4. The second kappa shape index (κ2) is 7.75. The van der Waals surface area contributed by atoms with Gasteiger partial charge in [-0.25, -0.2) is 4.68 Å². The van der Waals surface area contributed by atoms with Gasteiger partial charge in [0.1, 0.15) is 5.69 Å². The average Bonchev–Trinajstić information content (AvgIpc) is 3.19. The number of carbonyl (C=O) groups excluding carboxylic acids is 1. The van der Waals surface area contributed by atoms with E-state index in [0.29, 0.717) is 23.5 Å². The molecule has 0 bridgehead atoms. The highest BCUT2D eigenvalue weighted by molar-refractivity contribution is 6.05. The van der Waals surface area contributed by atoms with Gasteiger partial charge in [0.25, 0.3) is 5.91 Å². The van der Waals surface area contributed by atoms with E-state index in [1.165, 1.54) is 0 Å². The molecule has 0 aliphatic heterocycles. The SMILES string of the molecule is Nc1ccccc1NC(=O)c1ccc(-c2cn(Cc3ccccc3)nn2)cc1.